The zero-order chi connectivity index (χ0) is 13.4. The second-order valence-electron chi connectivity index (χ2n) is 5.67. The van der Waals surface area contributed by atoms with Crippen LogP contribution < -0.4 is 4.74 Å². The monoisotopic (exact) mass is 262 g/mol. The molecule has 2 atom stereocenters. The van der Waals surface area contributed by atoms with Gasteiger partial charge in [-0.2, -0.15) is 5.06 Å². The van der Waals surface area contributed by atoms with Crippen molar-refractivity contribution in [2.75, 3.05) is 26.2 Å². The fraction of sp³-hybridized carbons (Fsp3) is 0.600. The Hall–Kier alpha value is -1.10. The van der Waals surface area contributed by atoms with Crippen LogP contribution in [0.1, 0.15) is 31.0 Å². The zero-order valence-electron chi connectivity index (χ0n) is 11.7. The maximum atomic E-state index is 9.42. The van der Waals surface area contributed by atoms with E-state index in [2.05, 4.69) is 36.9 Å². The highest BCUT2D eigenvalue weighted by Gasteiger charge is 2.24. The molecule has 1 N–H and O–H groups in total. The van der Waals surface area contributed by atoms with E-state index in [4.69, 9.17) is 4.74 Å². The topological polar surface area (TPSA) is 35.9 Å². The number of fused-ring (bicyclic) bond motifs is 1. The van der Waals surface area contributed by atoms with Crippen LogP contribution in [0.4, 0.5) is 0 Å². The second kappa shape index (κ2) is 5.12. The van der Waals surface area contributed by atoms with Gasteiger partial charge in [0, 0.05) is 38.6 Å². The van der Waals surface area contributed by atoms with Crippen LogP contribution in [0.2, 0.25) is 0 Å². The van der Waals surface area contributed by atoms with E-state index in [1.165, 1.54) is 16.2 Å². The Kier molecular flexibility index (Phi) is 3.48. The minimum atomic E-state index is 0.304. The van der Waals surface area contributed by atoms with Gasteiger partial charge in [-0.15, -0.1) is 0 Å². The summed E-state index contributed by atoms with van der Waals surface area (Å²) in [6.07, 6.45) is 1.33. The van der Waals surface area contributed by atoms with E-state index < -0.39 is 0 Å². The van der Waals surface area contributed by atoms with Gasteiger partial charge >= 0.3 is 0 Å². The minimum Gasteiger partial charge on any atom is -0.490 e. The zero-order valence-corrected chi connectivity index (χ0v) is 11.7. The molecule has 0 aliphatic carbocycles. The lowest BCUT2D eigenvalue weighted by molar-refractivity contribution is -0.121. The third kappa shape index (κ3) is 2.61. The van der Waals surface area contributed by atoms with Crippen molar-refractivity contribution < 1.29 is 9.94 Å². The van der Waals surface area contributed by atoms with Crippen LogP contribution in [0.25, 0.3) is 0 Å². The summed E-state index contributed by atoms with van der Waals surface area (Å²) < 4.78 is 5.84. The van der Waals surface area contributed by atoms with Gasteiger partial charge in [-0.1, -0.05) is 12.1 Å². The molecule has 0 bridgehead atoms. The molecule has 1 aromatic carbocycles. The van der Waals surface area contributed by atoms with E-state index in [9.17, 15) is 5.21 Å². The van der Waals surface area contributed by atoms with Crippen molar-refractivity contribution in [1.29, 1.82) is 0 Å². The summed E-state index contributed by atoms with van der Waals surface area (Å²) in [6.45, 7) is 7.61. The number of hydrogen-bond donors (Lipinski definition) is 1. The van der Waals surface area contributed by atoms with E-state index in [1.807, 2.05) is 0 Å². The molecule has 2 aliphatic rings. The summed E-state index contributed by atoms with van der Waals surface area (Å²) in [5, 5.41) is 10.8. The molecule has 4 nitrogen and oxygen atoms in total. The molecule has 1 saturated heterocycles. The predicted octanol–water partition coefficient (Wildman–Crippen LogP) is 2.08. The molecule has 4 heteroatoms. The Morgan fingerprint density at radius 1 is 1.26 bits per heavy atom. The van der Waals surface area contributed by atoms with Gasteiger partial charge in [0.25, 0.3) is 0 Å². The van der Waals surface area contributed by atoms with Gasteiger partial charge in [0.2, 0.25) is 0 Å². The van der Waals surface area contributed by atoms with Crippen molar-refractivity contribution in [2.45, 2.75) is 32.4 Å². The Bertz CT molecular complexity index is 455. The Morgan fingerprint density at radius 2 is 2.00 bits per heavy atom. The van der Waals surface area contributed by atoms with Crippen molar-refractivity contribution in [3.8, 4) is 5.75 Å². The van der Waals surface area contributed by atoms with Crippen molar-refractivity contribution in [3.63, 3.8) is 0 Å². The summed E-state index contributed by atoms with van der Waals surface area (Å²) in [6, 6.07) is 6.98. The van der Waals surface area contributed by atoms with Gasteiger partial charge in [-0.3, -0.25) is 4.90 Å². The number of hydrogen-bond acceptors (Lipinski definition) is 4. The van der Waals surface area contributed by atoms with Crippen LogP contribution in [0, 0.1) is 0 Å². The predicted molar refractivity (Wildman–Crippen MR) is 73.6 cm³/mol. The molecule has 0 amide bonds. The first-order chi connectivity index (χ1) is 9.13. The van der Waals surface area contributed by atoms with E-state index >= 15 is 0 Å². The molecular weight excluding hydrogens is 240 g/mol. The fourth-order valence-electron chi connectivity index (χ4n) is 2.99. The van der Waals surface area contributed by atoms with Gasteiger partial charge in [0.1, 0.15) is 11.9 Å². The first-order valence-electron chi connectivity index (χ1n) is 7.11. The number of benzene rings is 1. The van der Waals surface area contributed by atoms with E-state index in [0.29, 0.717) is 12.1 Å². The fourth-order valence-corrected chi connectivity index (χ4v) is 2.99. The van der Waals surface area contributed by atoms with E-state index in [1.54, 1.807) is 0 Å². The quantitative estimate of drug-likeness (QED) is 0.885. The molecule has 3 rings (SSSR count). The van der Waals surface area contributed by atoms with Gasteiger partial charge in [0.05, 0.1) is 0 Å². The molecule has 0 unspecified atom stereocenters. The normalized spacial score (nSPS) is 25.9. The lowest BCUT2D eigenvalue weighted by Crippen LogP contribution is -2.45. The SMILES string of the molecule is C[C@@H]1Cc2ccc([C@H](C)N3CCN(O)CC3)cc2O1. The molecular formula is C15H22N2O2. The van der Waals surface area contributed by atoms with Crippen LogP contribution >= 0.6 is 0 Å². The lowest BCUT2D eigenvalue weighted by Gasteiger charge is -2.35. The maximum Gasteiger partial charge on any atom is 0.123 e. The van der Waals surface area contributed by atoms with Crippen molar-refractivity contribution in [3.05, 3.63) is 29.3 Å². The summed E-state index contributed by atoms with van der Waals surface area (Å²) in [5.41, 5.74) is 2.63. The van der Waals surface area contributed by atoms with Gasteiger partial charge in [-0.05, 0) is 31.0 Å². The first-order valence-corrected chi connectivity index (χ1v) is 7.11. The van der Waals surface area contributed by atoms with E-state index in [-0.39, 0.29) is 0 Å². The van der Waals surface area contributed by atoms with Gasteiger partial charge in [0.15, 0.2) is 0 Å². The molecule has 0 aromatic heterocycles. The molecule has 1 fully saturated rings. The maximum absolute atomic E-state index is 9.42. The average molecular weight is 262 g/mol. The third-order valence-corrected chi connectivity index (χ3v) is 4.25. The van der Waals surface area contributed by atoms with Crippen molar-refractivity contribution in [2.24, 2.45) is 0 Å². The Balaban J connectivity index is 1.74. The molecule has 1 aromatic rings. The number of rotatable bonds is 2. The molecule has 0 radical (unpaired) electrons. The number of piperazine rings is 1. The molecule has 104 valence electrons. The first kappa shape index (κ1) is 12.9. The second-order valence-corrected chi connectivity index (χ2v) is 5.67. The molecule has 2 aliphatic heterocycles. The molecule has 0 saturated carbocycles. The van der Waals surface area contributed by atoms with Gasteiger partial charge < -0.3 is 9.94 Å². The highest BCUT2D eigenvalue weighted by Crippen LogP contribution is 2.33. The average Bonchev–Trinajstić information content (AvgIpc) is 2.77. The summed E-state index contributed by atoms with van der Waals surface area (Å²) >= 11 is 0. The third-order valence-electron chi connectivity index (χ3n) is 4.25. The summed E-state index contributed by atoms with van der Waals surface area (Å²) in [5.74, 6) is 1.05. The lowest BCUT2D eigenvalue weighted by atomic mass is 10.0. The number of nitrogens with zero attached hydrogens (tertiary/aromatic N) is 2. The van der Waals surface area contributed by atoms with Crippen LogP contribution in [0.5, 0.6) is 5.75 Å². The van der Waals surface area contributed by atoms with Crippen molar-refractivity contribution in [1.82, 2.24) is 9.96 Å². The summed E-state index contributed by atoms with van der Waals surface area (Å²) in [7, 11) is 0. The highest BCUT2D eigenvalue weighted by atomic mass is 16.5. The Morgan fingerprint density at radius 3 is 2.74 bits per heavy atom. The van der Waals surface area contributed by atoms with Crippen LogP contribution in [0.3, 0.4) is 0 Å². The minimum absolute atomic E-state index is 0.304. The Labute approximate surface area is 114 Å². The largest absolute Gasteiger partial charge is 0.490 e. The highest BCUT2D eigenvalue weighted by molar-refractivity contribution is 5.41. The standard InChI is InChI=1S/C15H22N2O2/c1-11-9-14-4-3-13(10-15(14)19-11)12(2)16-5-7-17(18)8-6-16/h3-4,10-12,18H,5-9H2,1-2H3/t11-,12+/m1/s1. The van der Waals surface area contributed by atoms with Gasteiger partial charge in [-0.25, -0.2) is 0 Å². The molecule has 0 spiro atoms. The van der Waals surface area contributed by atoms with E-state index in [0.717, 1.165) is 38.3 Å². The van der Waals surface area contributed by atoms with Crippen LogP contribution in [-0.4, -0.2) is 47.5 Å². The van der Waals surface area contributed by atoms with Crippen molar-refractivity contribution >= 4 is 0 Å². The smallest absolute Gasteiger partial charge is 0.123 e. The summed E-state index contributed by atoms with van der Waals surface area (Å²) in [4.78, 5) is 2.41. The number of hydroxylamine groups is 2. The van der Waals surface area contributed by atoms with Crippen LogP contribution in [-0.2, 0) is 6.42 Å². The molecule has 2 heterocycles. The number of ether oxygens (including phenoxy) is 1. The van der Waals surface area contributed by atoms with Crippen LogP contribution in [0.15, 0.2) is 18.2 Å². The molecule has 19 heavy (non-hydrogen) atoms.